The number of amides is 3. The van der Waals surface area contributed by atoms with Crippen molar-refractivity contribution < 1.29 is 37.4 Å². The number of rotatable bonds is 6. The maximum atomic E-state index is 13.3. The molecule has 0 atom stereocenters. The standard InChI is InChI=1S/C26H20F3N7O5/c1-40-25(38)34-23-32-20-14-18(8-10-22(20)36(23)39)41-17-6-4-16(5-7-17)31-24(37)33-19-13-15(26(27,28)29)3-9-21(19)35-12-2-11-30-35/h2-14,39H,1H3,(H2,31,33,37)(H,32,34,38). The number of benzene rings is 3. The molecule has 41 heavy (non-hydrogen) atoms. The highest BCUT2D eigenvalue weighted by Gasteiger charge is 2.31. The lowest BCUT2D eigenvalue weighted by atomic mass is 10.1. The number of ether oxygens (including phenoxy) is 2. The first-order valence-corrected chi connectivity index (χ1v) is 11.7. The van der Waals surface area contributed by atoms with Gasteiger partial charge in [0.2, 0.25) is 5.95 Å². The van der Waals surface area contributed by atoms with Crippen molar-refractivity contribution >= 4 is 40.5 Å². The predicted octanol–water partition coefficient (Wildman–Crippen LogP) is 6.09. The van der Waals surface area contributed by atoms with Crippen molar-refractivity contribution in [3.05, 3.63) is 84.7 Å². The van der Waals surface area contributed by atoms with Gasteiger partial charge in [-0.1, -0.05) is 0 Å². The second-order valence-corrected chi connectivity index (χ2v) is 8.40. The molecule has 0 spiro atoms. The number of imidazole rings is 1. The molecular weight excluding hydrogens is 547 g/mol. The average molecular weight is 567 g/mol. The van der Waals surface area contributed by atoms with Crippen LogP contribution in [0.4, 0.5) is 40.1 Å². The molecule has 15 heteroatoms. The molecule has 3 aromatic carbocycles. The van der Waals surface area contributed by atoms with Gasteiger partial charge >= 0.3 is 18.3 Å². The van der Waals surface area contributed by atoms with E-state index in [1.54, 1.807) is 24.3 Å². The van der Waals surface area contributed by atoms with Crippen LogP contribution in [0.3, 0.4) is 0 Å². The van der Waals surface area contributed by atoms with Gasteiger partial charge in [0.1, 0.15) is 17.0 Å². The molecule has 3 amide bonds. The molecule has 0 aliphatic rings. The van der Waals surface area contributed by atoms with E-state index >= 15 is 0 Å². The zero-order chi connectivity index (χ0) is 29.1. The fourth-order valence-electron chi connectivity index (χ4n) is 3.78. The summed E-state index contributed by atoms with van der Waals surface area (Å²) in [4.78, 5) is 28.2. The summed E-state index contributed by atoms with van der Waals surface area (Å²) in [6.07, 6.45) is -2.41. The van der Waals surface area contributed by atoms with E-state index in [0.29, 0.717) is 33.0 Å². The van der Waals surface area contributed by atoms with Crippen LogP contribution in [0.5, 0.6) is 11.5 Å². The number of nitrogens with one attached hydrogen (secondary N) is 3. The van der Waals surface area contributed by atoms with Crippen molar-refractivity contribution in [2.75, 3.05) is 23.1 Å². The molecule has 12 nitrogen and oxygen atoms in total. The van der Waals surface area contributed by atoms with Crippen molar-refractivity contribution in [2.45, 2.75) is 6.18 Å². The highest BCUT2D eigenvalue weighted by molar-refractivity contribution is 6.01. The summed E-state index contributed by atoms with van der Waals surface area (Å²) in [7, 11) is 1.17. The quantitative estimate of drug-likeness (QED) is 0.182. The maximum Gasteiger partial charge on any atom is 0.416 e. The van der Waals surface area contributed by atoms with E-state index in [1.807, 2.05) is 0 Å². The molecule has 0 bridgehead atoms. The lowest BCUT2D eigenvalue weighted by Crippen LogP contribution is -2.21. The summed E-state index contributed by atoms with van der Waals surface area (Å²) >= 11 is 0. The van der Waals surface area contributed by atoms with Gasteiger partial charge in [0.25, 0.3) is 0 Å². The SMILES string of the molecule is COC(=O)Nc1nc2cc(Oc3ccc(NC(=O)Nc4cc(C(F)(F)F)ccc4-n4cccn4)cc3)ccc2n1O. The van der Waals surface area contributed by atoms with Gasteiger partial charge in [0.15, 0.2) is 0 Å². The molecule has 2 aromatic heterocycles. The number of urea groups is 1. The van der Waals surface area contributed by atoms with Crippen LogP contribution in [-0.4, -0.2) is 43.9 Å². The molecule has 210 valence electrons. The topological polar surface area (TPSA) is 145 Å². The Labute approximate surface area is 228 Å². The molecule has 0 aliphatic carbocycles. The first kappa shape index (κ1) is 26.9. The number of hydrogen-bond acceptors (Lipinski definition) is 7. The molecule has 0 unspecified atom stereocenters. The van der Waals surface area contributed by atoms with Gasteiger partial charge in [-0.2, -0.15) is 18.3 Å². The third-order valence-electron chi connectivity index (χ3n) is 5.67. The Kier molecular flexibility index (Phi) is 7.07. The van der Waals surface area contributed by atoms with E-state index in [0.717, 1.165) is 12.1 Å². The molecule has 0 saturated carbocycles. The van der Waals surface area contributed by atoms with E-state index in [9.17, 15) is 28.0 Å². The second-order valence-electron chi connectivity index (χ2n) is 8.40. The van der Waals surface area contributed by atoms with Crippen LogP contribution in [-0.2, 0) is 10.9 Å². The Balaban J connectivity index is 1.27. The van der Waals surface area contributed by atoms with E-state index < -0.39 is 23.9 Å². The molecule has 0 fully saturated rings. The van der Waals surface area contributed by atoms with Crippen LogP contribution in [0.2, 0.25) is 0 Å². The zero-order valence-electron chi connectivity index (χ0n) is 21.0. The number of methoxy groups -OCH3 is 1. The van der Waals surface area contributed by atoms with Crippen molar-refractivity contribution in [1.82, 2.24) is 19.5 Å². The maximum absolute atomic E-state index is 13.3. The molecule has 2 heterocycles. The third kappa shape index (κ3) is 5.98. The second kappa shape index (κ2) is 10.8. The average Bonchev–Trinajstić information content (AvgIpc) is 3.57. The normalized spacial score (nSPS) is 11.2. The van der Waals surface area contributed by atoms with E-state index in [-0.39, 0.29) is 17.3 Å². The number of nitrogens with zero attached hydrogens (tertiary/aromatic N) is 4. The Bertz CT molecular complexity index is 1720. The Hall–Kier alpha value is -5.73. The smallest absolute Gasteiger partial charge is 0.416 e. The monoisotopic (exact) mass is 567 g/mol. The highest BCUT2D eigenvalue weighted by atomic mass is 19.4. The minimum Gasteiger partial charge on any atom is -0.457 e. The van der Waals surface area contributed by atoms with Crippen LogP contribution in [0.25, 0.3) is 16.7 Å². The van der Waals surface area contributed by atoms with Crippen LogP contribution in [0.15, 0.2) is 79.1 Å². The fourth-order valence-corrected chi connectivity index (χ4v) is 3.78. The molecule has 0 aliphatic heterocycles. The zero-order valence-corrected chi connectivity index (χ0v) is 21.0. The molecule has 5 aromatic rings. The summed E-state index contributed by atoms with van der Waals surface area (Å²) in [5.41, 5.74) is 0.214. The molecule has 5 rings (SSSR count). The van der Waals surface area contributed by atoms with E-state index in [2.05, 4.69) is 30.8 Å². The van der Waals surface area contributed by atoms with E-state index in [4.69, 9.17) is 4.74 Å². The highest BCUT2D eigenvalue weighted by Crippen LogP contribution is 2.33. The number of carbonyl (C=O) groups excluding carboxylic acids is 2. The lowest BCUT2D eigenvalue weighted by Gasteiger charge is -2.15. The summed E-state index contributed by atoms with van der Waals surface area (Å²) in [6, 6.07) is 14.6. The first-order valence-electron chi connectivity index (χ1n) is 11.7. The minimum absolute atomic E-state index is 0.0911. The summed E-state index contributed by atoms with van der Waals surface area (Å²) in [5.74, 6) is 0.624. The van der Waals surface area contributed by atoms with Gasteiger partial charge in [-0.3, -0.25) is 5.32 Å². The van der Waals surface area contributed by atoms with Crippen LogP contribution in [0.1, 0.15) is 5.56 Å². The van der Waals surface area contributed by atoms with Gasteiger partial charge in [-0.25, -0.2) is 19.3 Å². The van der Waals surface area contributed by atoms with Gasteiger partial charge in [0, 0.05) is 24.1 Å². The first-order chi connectivity index (χ1) is 19.6. The van der Waals surface area contributed by atoms with Crippen LogP contribution < -0.4 is 20.7 Å². The van der Waals surface area contributed by atoms with E-state index in [1.165, 1.54) is 54.5 Å². The Morgan fingerprint density at radius 2 is 1.71 bits per heavy atom. The number of hydrogen-bond donors (Lipinski definition) is 4. The lowest BCUT2D eigenvalue weighted by molar-refractivity contribution is -0.137. The number of fused-ring (bicyclic) bond motifs is 1. The molecule has 0 saturated heterocycles. The molecular formula is C26H20F3N7O5. The van der Waals surface area contributed by atoms with Gasteiger partial charge in [-0.05, 0) is 60.7 Å². The summed E-state index contributed by atoms with van der Waals surface area (Å²) in [5, 5.41) is 21.5. The summed E-state index contributed by atoms with van der Waals surface area (Å²) in [6.45, 7) is 0. The number of anilines is 3. The number of alkyl halides is 3. The number of carbonyl (C=O) groups is 2. The third-order valence-corrected chi connectivity index (χ3v) is 5.67. The van der Waals surface area contributed by atoms with Gasteiger partial charge < -0.3 is 25.3 Å². The van der Waals surface area contributed by atoms with Crippen LogP contribution in [0, 0.1) is 0 Å². The molecule has 0 radical (unpaired) electrons. The predicted molar refractivity (Wildman–Crippen MR) is 141 cm³/mol. The Morgan fingerprint density at radius 1 is 0.951 bits per heavy atom. The van der Waals surface area contributed by atoms with Crippen molar-refractivity contribution in [2.24, 2.45) is 0 Å². The number of aromatic nitrogens is 4. The van der Waals surface area contributed by atoms with Crippen molar-refractivity contribution in [3.63, 3.8) is 0 Å². The van der Waals surface area contributed by atoms with Crippen molar-refractivity contribution in [3.8, 4) is 17.2 Å². The fraction of sp³-hybridized carbons (Fsp3) is 0.0769. The van der Waals surface area contributed by atoms with Gasteiger partial charge in [0.05, 0.1) is 29.6 Å². The number of halogens is 3. The van der Waals surface area contributed by atoms with Crippen molar-refractivity contribution in [1.29, 1.82) is 0 Å². The Morgan fingerprint density at radius 3 is 2.39 bits per heavy atom. The largest absolute Gasteiger partial charge is 0.457 e. The summed E-state index contributed by atoms with van der Waals surface area (Å²) < 4.78 is 52.2. The van der Waals surface area contributed by atoms with Gasteiger partial charge in [-0.15, -0.1) is 4.73 Å². The minimum atomic E-state index is -4.60. The molecule has 4 N–H and O–H groups in total. The van der Waals surface area contributed by atoms with Crippen LogP contribution >= 0.6 is 0 Å².